The van der Waals surface area contributed by atoms with Gasteiger partial charge in [-0.1, -0.05) is 12.2 Å². The Morgan fingerprint density at radius 2 is 1.43 bits per heavy atom. The number of carbonyl (C=O) groups excluding carboxylic acids is 3. The molecule has 0 aromatic rings. The standard InChI is InChI=1S/C15H12Cl2O4/c16-14-5-7-1-3-9(18)4-2-8(6-14)15(7,17)11-10(14)12(19)21-13(11)20/h5-6,10-11H,1-4H2. The van der Waals surface area contributed by atoms with Crippen LogP contribution in [0.25, 0.3) is 0 Å². The third-order valence-corrected chi connectivity index (χ3v) is 6.19. The van der Waals surface area contributed by atoms with Gasteiger partial charge in [0.25, 0.3) is 0 Å². The van der Waals surface area contributed by atoms with Gasteiger partial charge in [-0.05, 0) is 24.0 Å². The summed E-state index contributed by atoms with van der Waals surface area (Å²) >= 11 is 13.5. The van der Waals surface area contributed by atoms with Gasteiger partial charge in [-0.25, -0.2) is 0 Å². The third-order valence-electron chi connectivity index (χ3n) is 5.02. The number of hydrogen-bond donors (Lipinski definition) is 0. The van der Waals surface area contributed by atoms with Crippen molar-refractivity contribution in [1.29, 1.82) is 0 Å². The van der Waals surface area contributed by atoms with Gasteiger partial charge in [0.1, 0.15) is 10.7 Å². The van der Waals surface area contributed by atoms with E-state index in [1.165, 1.54) is 0 Å². The lowest BCUT2D eigenvalue weighted by Crippen LogP contribution is -2.57. The van der Waals surface area contributed by atoms with Crippen LogP contribution in [-0.4, -0.2) is 27.5 Å². The van der Waals surface area contributed by atoms with Crippen LogP contribution in [0.4, 0.5) is 0 Å². The summed E-state index contributed by atoms with van der Waals surface area (Å²) in [5, 5.41) is 0. The van der Waals surface area contributed by atoms with Crippen LogP contribution < -0.4 is 0 Å². The van der Waals surface area contributed by atoms with Crippen LogP contribution in [-0.2, 0) is 19.1 Å². The van der Waals surface area contributed by atoms with Crippen molar-refractivity contribution in [3.63, 3.8) is 0 Å². The second-order valence-corrected chi connectivity index (χ2v) is 7.36. The van der Waals surface area contributed by atoms with Gasteiger partial charge in [-0.2, -0.15) is 0 Å². The van der Waals surface area contributed by atoms with Gasteiger partial charge in [0.2, 0.25) is 0 Å². The molecule has 1 saturated heterocycles. The molecule has 0 amide bonds. The van der Waals surface area contributed by atoms with Crippen LogP contribution in [0.5, 0.6) is 0 Å². The Labute approximate surface area is 131 Å². The average molecular weight is 327 g/mol. The van der Waals surface area contributed by atoms with Gasteiger partial charge in [0, 0.05) is 12.8 Å². The summed E-state index contributed by atoms with van der Waals surface area (Å²) < 4.78 is 4.80. The molecule has 2 fully saturated rings. The highest BCUT2D eigenvalue weighted by molar-refractivity contribution is 6.35. The highest BCUT2D eigenvalue weighted by atomic mass is 35.5. The van der Waals surface area contributed by atoms with Crippen LogP contribution in [0.1, 0.15) is 25.7 Å². The number of esters is 2. The molecule has 4 nitrogen and oxygen atoms in total. The topological polar surface area (TPSA) is 60.4 Å². The molecule has 0 spiro atoms. The van der Waals surface area contributed by atoms with Gasteiger partial charge < -0.3 is 4.74 Å². The van der Waals surface area contributed by atoms with Gasteiger partial charge >= 0.3 is 11.9 Å². The molecule has 1 aliphatic heterocycles. The van der Waals surface area contributed by atoms with Crippen molar-refractivity contribution >= 4 is 40.9 Å². The third kappa shape index (κ3) is 1.55. The van der Waals surface area contributed by atoms with Crippen LogP contribution in [0.3, 0.4) is 0 Å². The number of alkyl halides is 2. The molecule has 4 bridgehead atoms. The lowest BCUT2D eigenvalue weighted by Gasteiger charge is -2.51. The fraction of sp³-hybridized carbons (Fsp3) is 0.533. The molecule has 5 aliphatic rings. The van der Waals surface area contributed by atoms with E-state index < -0.39 is 33.5 Å². The summed E-state index contributed by atoms with van der Waals surface area (Å²) in [6, 6.07) is 0. The summed E-state index contributed by atoms with van der Waals surface area (Å²) in [7, 11) is 0. The smallest absolute Gasteiger partial charge is 0.320 e. The van der Waals surface area contributed by atoms with E-state index in [0.717, 1.165) is 11.1 Å². The van der Waals surface area contributed by atoms with Crippen LogP contribution in [0.15, 0.2) is 23.3 Å². The lowest BCUT2D eigenvalue weighted by atomic mass is 9.57. The molecule has 1 saturated carbocycles. The van der Waals surface area contributed by atoms with Crippen LogP contribution in [0, 0.1) is 11.8 Å². The van der Waals surface area contributed by atoms with Gasteiger partial charge in [0.15, 0.2) is 0 Å². The highest BCUT2D eigenvalue weighted by Crippen LogP contribution is 2.62. The molecule has 0 aromatic carbocycles. The Morgan fingerprint density at radius 3 is 2.00 bits per heavy atom. The largest absolute Gasteiger partial charge is 0.393 e. The lowest BCUT2D eigenvalue weighted by molar-refractivity contribution is -0.153. The molecule has 5 rings (SSSR count). The van der Waals surface area contributed by atoms with Crippen molar-refractivity contribution in [2.45, 2.75) is 35.4 Å². The molecule has 1 heterocycles. The zero-order valence-corrected chi connectivity index (χ0v) is 12.5. The summed E-state index contributed by atoms with van der Waals surface area (Å²) in [5.74, 6) is -2.59. The fourth-order valence-electron chi connectivity index (χ4n) is 4.08. The SMILES string of the molecule is O=C1CCC2=CC3(Cl)C=C(CC1)C2(Cl)C1C(=O)OC(=O)C13. The number of ketones is 1. The van der Waals surface area contributed by atoms with Crippen LogP contribution >= 0.6 is 23.2 Å². The van der Waals surface area contributed by atoms with Crippen molar-refractivity contribution in [1.82, 2.24) is 0 Å². The molecule has 6 heteroatoms. The molecular formula is C15H12Cl2O4. The summed E-state index contributed by atoms with van der Waals surface area (Å²) in [5.41, 5.74) is 1.55. The van der Waals surface area contributed by atoms with Gasteiger partial charge in [-0.15, -0.1) is 23.2 Å². The Morgan fingerprint density at radius 1 is 0.905 bits per heavy atom. The number of Topliss-reactive ketones (excluding diaryl/α,β-unsaturated/α-hetero) is 1. The van der Waals surface area contributed by atoms with Gasteiger partial charge in [-0.3, -0.25) is 14.4 Å². The average Bonchev–Trinajstić information content (AvgIpc) is 2.73. The van der Waals surface area contributed by atoms with Crippen LogP contribution in [0.2, 0.25) is 0 Å². The summed E-state index contributed by atoms with van der Waals surface area (Å²) in [4.78, 5) is 33.7. The monoisotopic (exact) mass is 326 g/mol. The van der Waals surface area contributed by atoms with E-state index in [1.807, 2.05) is 0 Å². The van der Waals surface area contributed by atoms with E-state index in [0.29, 0.717) is 25.7 Å². The summed E-state index contributed by atoms with van der Waals surface area (Å²) in [6.07, 6.45) is 5.23. The number of rotatable bonds is 0. The number of carbonyl (C=O) groups is 3. The molecular weight excluding hydrogens is 315 g/mol. The van der Waals surface area contributed by atoms with Crippen molar-refractivity contribution in [2.24, 2.45) is 11.8 Å². The second kappa shape index (κ2) is 3.99. The Balaban J connectivity index is 1.93. The van der Waals surface area contributed by atoms with E-state index in [4.69, 9.17) is 27.9 Å². The van der Waals surface area contributed by atoms with Crippen molar-refractivity contribution in [3.8, 4) is 0 Å². The first kappa shape index (κ1) is 13.5. The van der Waals surface area contributed by atoms with Gasteiger partial charge in [0.05, 0.1) is 16.7 Å². The minimum Gasteiger partial charge on any atom is -0.393 e. The zero-order chi connectivity index (χ0) is 15.0. The molecule has 2 atom stereocenters. The molecule has 110 valence electrons. The minimum atomic E-state index is -1.06. The van der Waals surface area contributed by atoms with E-state index in [-0.39, 0.29) is 5.78 Å². The first-order valence-corrected chi connectivity index (χ1v) is 7.71. The summed E-state index contributed by atoms with van der Waals surface area (Å²) in [6.45, 7) is 0. The molecule has 2 unspecified atom stereocenters. The zero-order valence-electron chi connectivity index (χ0n) is 11.0. The number of halogens is 2. The Hall–Kier alpha value is -1.13. The van der Waals surface area contributed by atoms with Crippen molar-refractivity contribution < 1.29 is 19.1 Å². The Bertz CT molecular complexity index is 633. The number of allylic oxidation sites excluding steroid dienone is 4. The van der Waals surface area contributed by atoms with E-state index >= 15 is 0 Å². The predicted molar refractivity (Wildman–Crippen MR) is 74.9 cm³/mol. The van der Waals surface area contributed by atoms with E-state index in [9.17, 15) is 14.4 Å². The number of hydrogen-bond acceptors (Lipinski definition) is 4. The molecule has 0 N–H and O–H groups in total. The van der Waals surface area contributed by atoms with E-state index in [1.54, 1.807) is 12.2 Å². The molecule has 0 aromatic heterocycles. The second-order valence-electron chi connectivity index (χ2n) is 6.11. The Kier molecular flexibility index (Phi) is 2.57. The number of cyclic esters (lactones) is 2. The highest BCUT2D eigenvalue weighted by Gasteiger charge is 2.69. The van der Waals surface area contributed by atoms with Crippen molar-refractivity contribution in [2.75, 3.05) is 0 Å². The maximum Gasteiger partial charge on any atom is 0.320 e. The van der Waals surface area contributed by atoms with Crippen molar-refractivity contribution in [3.05, 3.63) is 23.3 Å². The first-order chi connectivity index (χ1) is 9.86. The molecule has 21 heavy (non-hydrogen) atoms. The maximum absolute atomic E-state index is 12.1. The molecule has 0 radical (unpaired) electrons. The predicted octanol–water partition coefficient (Wildman–Crippen LogP) is 2.28. The van der Waals surface area contributed by atoms with E-state index in [2.05, 4.69) is 0 Å². The minimum absolute atomic E-state index is 0.176. The quantitative estimate of drug-likeness (QED) is 0.296. The maximum atomic E-state index is 12.1. The number of ether oxygens (including phenoxy) is 1. The fourth-order valence-corrected chi connectivity index (χ4v) is 5.07. The normalized spacial score (nSPS) is 44.6. The molecule has 4 aliphatic carbocycles. The first-order valence-electron chi connectivity index (χ1n) is 6.96.